The maximum absolute atomic E-state index is 5.20. The largest absolute Gasteiger partial charge is 0.345 e. The third-order valence-corrected chi connectivity index (χ3v) is 1.95. The van der Waals surface area contributed by atoms with Crippen molar-refractivity contribution in [1.29, 1.82) is 0 Å². The third-order valence-electron chi connectivity index (χ3n) is 1.95. The molecule has 0 amide bonds. The van der Waals surface area contributed by atoms with Crippen LogP contribution >= 0.6 is 0 Å². The SMILES string of the molecule is CCN(CC)CC1CO[CH]O1. The number of likely N-dealkylation sites (N-methyl/N-ethyl adjacent to an activating group) is 1. The Labute approximate surface area is 68.3 Å². The average Bonchev–Trinajstić information content (AvgIpc) is 2.52. The van der Waals surface area contributed by atoms with Crippen molar-refractivity contribution >= 4 is 0 Å². The van der Waals surface area contributed by atoms with Crippen molar-refractivity contribution in [3.05, 3.63) is 6.79 Å². The van der Waals surface area contributed by atoms with Crippen molar-refractivity contribution in [2.24, 2.45) is 0 Å². The molecule has 1 rings (SSSR count). The molecule has 1 fully saturated rings. The van der Waals surface area contributed by atoms with Gasteiger partial charge in [0, 0.05) is 6.54 Å². The minimum Gasteiger partial charge on any atom is -0.345 e. The summed E-state index contributed by atoms with van der Waals surface area (Å²) in [6.45, 7) is 9.59. The van der Waals surface area contributed by atoms with Gasteiger partial charge in [-0.15, -0.1) is 0 Å². The molecular weight excluding hydrogens is 142 g/mol. The second-order valence-corrected chi connectivity index (χ2v) is 2.67. The smallest absolute Gasteiger partial charge is 0.209 e. The average molecular weight is 158 g/mol. The summed E-state index contributed by atoms with van der Waals surface area (Å²) >= 11 is 0. The van der Waals surface area contributed by atoms with E-state index in [0.717, 1.165) is 19.6 Å². The molecule has 3 nitrogen and oxygen atoms in total. The number of nitrogens with zero attached hydrogens (tertiary/aromatic N) is 1. The van der Waals surface area contributed by atoms with Crippen molar-refractivity contribution < 1.29 is 9.47 Å². The van der Waals surface area contributed by atoms with E-state index in [1.54, 1.807) is 0 Å². The van der Waals surface area contributed by atoms with Crippen molar-refractivity contribution in [3.63, 3.8) is 0 Å². The Morgan fingerprint density at radius 3 is 2.64 bits per heavy atom. The van der Waals surface area contributed by atoms with Crippen LogP contribution in [0.25, 0.3) is 0 Å². The Balaban J connectivity index is 2.16. The first-order chi connectivity index (χ1) is 5.36. The quantitative estimate of drug-likeness (QED) is 0.605. The van der Waals surface area contributed by atoms with Gasteiger partial charge in [0.1, 0.15) is 0 Å². The fraction of sp³-hybridized carbons (Fsp3) is 0.875. The van der Waals surface area contributed by atoms with Crippen LogP contribution in [0.15, 0.2) is 0 Å². The normalized spacial score (nSPS) is 24.8. The van der Waals surface area contributed by atoms with Crippen molar-refractivity contribution in [1.82, 2.24) is 4.90 Å². The van der Waals surface area contributed by atoms with Crippen LogP contribution in [-0.4, -0.2) is 37.2 Å². The summed E-state index contributed by atoms with van der Waals surface area (Å²) in [5.41, 5.74) is 0. The van der Waals surface area contributed by atoms with Gasteiger partial charge in [0.25, 0.3) is 0 Å². The molecule has 0 N–H and O–H groups in total. The molecule has 0 bridgehead atoms. The number of hydrogen-bond donors (Lipinski definition) is 0. The first kappa shape index (κ1) is 8.97. The van der Waals surface area contributed by atoms with Gasteiger partial charge in [0.05, 0.1) is 12.7 Å². The Bertz CT molecular complexity index is 98.3. The van der Waals surface area contributed by atoms with Crippen LogP contribution in [0.1, 0.15) is 13.8 Å². The number of hydrogen-bond acceptors (Lipinski definition) is 3. The maximum atomic E-state index is 5.20. The zero-order chi connectivity index (χ0) is 8.10. The van der Waals surface area contributed by atoms with Gasteiger partial charge in [-0.2, -0.15) is 0 Å². The topological polar surface area (TPSA) is 21.7 Å². The standard InChI is InChI=1S/C8H16NO2/c1-3-9(4-2)5-8-6-10-7-11-8/h7-8H,3-6H2,1-2H3. The summed E-state index contributed by atoms with van der Waals surface area (Å²) < 4.78 is 10.2. The molecule has 1 saturated heterocycles. The van der Waals surface area contributed by atoms with E-state index in [1.165, 1.54) is 6.79 Å². The van der Waals surface area contributed by atoms with Gasteiger partial charge >= 0.3 is 0 Å². The monoisotopic (exact) mass is 158 g/mol. The van der Waals surface area contributed by atoms with Crippen LogP contribution in [0.2, 0.25) is 0 Å². The summed E-state index contributed by atoms with van der Waals surface area (Å²) in [5.74, 6) is 0. The van der Waals surface area contributed by atoms with Crippen LogP contribution in [0.4, 0.5) is 0 Å². The molecular formula is C8H16NO2. The second kappa shape index (κ2) is 4.70. The molecule has 1 unspecified atom stereocenters. The fourth-order valence-corrected chi connectivity index (χ4v) is 1.17. The van der Waals surface area contributed by atoms with Gasteiger partial charge in [-0.25, -0.2) is 0 Å². The molecule has 11 heavy (non-hydrogen) atoms. The highest BCUT2D eigenvalue weighted by Gasteiger charge is 2.18. The van der Waals surface area contributed by atoms with Crippen molar-refractivity contribution in [2.45, 2.75) is 20.0 Å². The van der Waals surface area contributed by atoms with E-state index in [4.69, 9.17) is 9.47 Å². The fourth-order valence-electron chi connectivity index (χ4n) is 1.17. The minimum absolute atomic E-state index is 0.245. The zero-order valence-electron chi connectivity index (χ0n) is 7.25. The van der Waals surface area contributed by atoms with Crippen molar-refractivity contribution in [3.8, 4) is 0 Å². The highest BCUT2D eigenvalue weighted by atomic mass is 16.7. The van der Waals surface area contributed by atoms with E-state index in [-0.39, 0.29) is 6.10 Å². The van der Waals surface area contributed by atoms with Crippen LogP contribution in [0.5, 0.6) is 0 Å². The van der Waals surface area contributed by atoms with E-state index < -0.39 is 0 Å². The lowest BCUT2D eigenvalue weighted by molar-refractivity contribution is 0.101. The molecule has 1 aliphatic heterocycles. The third kappa shape index (κ3) is 2.77. The minimum atomic E-state index is 0.245. The Morgan fingerprint density at radius 1 is 1.45 bits per heavy atom. The molecule has 3 heteroatoms. The molecule has 1 radical (unpaired) electrons. The summed E-state index contributed by atoms with van der Waals surface area (Å²) in [6, 6.07) is 0. The zero-order valence-corrected chi connectivity index (χ0v) is 7.25. The molecule has 0 aromatic heterocycles. The molecule has 0 spiro atoms. The molecule has 0 aromatic rings. The molecule has 0 aliphatic carbocycles. The van der Waals surface area contributed by atoms with Gasteiger partial charge in [-0.05, 0) is 13.1 Å². The van der Waals surface area contributed by atoms with Gasteiger partial charge < -0.3 is 14.4 Å². The van der Waals surface area contributed by atoms with Crippen LogP contribution in [-0.2, 0) is 9.47 Å². The molecule has 1 aliphatic rings. The van der Waals surface area contributed by atoms with Crippen LogP contribution in [0.3, 0.4) is 0 Å². The van der Waals surface area contributed by atoms with Gasteiger partial charge in [-0.1, -0.05) is 13.8 Å². The Kier molecular flexibility index (Phi) is 3.83. The molecule has 0 aromatic carbocycles. The predicted octanol–water partition coefficient (Wildman–Crippen LogP) is 0.863. The number of ether oxygens (including phenoxy) is 2. The molecule has 1 atom stereocenters. The van der Waals surface area contributed by atoms with E-state index >= 15 is 0 Å². The van der Waals surface area contributed by atoms with Gasteiger partial charge in [0.2, 0.25) is 6.79 Å². The maximum Gasteiger partial charge on any atom is 0.209 e. The molecule has 65 valence electrons. The van der Waals surface area contributed by atoms with Crippen LogP contribution in [0, 0.1) is 6.79 Å². The highest BCUT2D eigenvalue weighted by molar-refractivity contribution is 4.68. The lowest BCUT2D eigenvalue weighted by Crippen LogP contribution is -2.33. The van der Waals surface area contributed by atoms with E-state index in [9.17, 15) is 0 Å². The Morgan fingerprint density at radius 2 is 2.18 bits per heavy atom. The van der Waals surface area contributed by atoms with E-state index in [0.29, 0.717) is 6.61 Å². The van der Waals surface area contributed by atoms with Crippen LogP contribution < -0.4 is 0 Å². The molecule has 1 heterocycles. The predicted molar refractivity (Wildman–Crippen MR) is 42.9 cm³/mol. The Hall–Kier alpha value is -0.120. The lowest BCUT2D eigenvalue weighted by Gasteiger charge is -2.20. The van der Waals surface area contributed by atoms with Gasteiger partial charge in [0.15, 0.2) is 0 Å². The second-order valence-electron chi connectivity index (χ2n) is 2.67. The molecule has 0 saturated carbocycles. The summed E-state index contributed by atoms with van der Waals surface area (Å²) in [7, 11) is 0. The van der Waals surface area contributed by atoms with E-state index in [2.05, 4.69) is 18.7 Å². The van der Waals surface area contributed by atoms with Crippen molar-refractivity contribution in [2.75, 3.05) is 26.2 Å². The summed E-state index contributed by atoms with van der Waals surface area (Å²) in [6.07, 6.45) is 0.245. The van der Waals surface area contributed by atoms with Gasteiger partial charge in [-0.3, -0.25) is 0 Å². The highest BCUT2D eigenvalue weighted by Crippen LogP contribution is 2.07. The number of rotatable bonds is 4. The first-order valence-corrected chi connectivity index (χ1v) is 4.18. The summed E-state index contributed by atoms with van der Waals surface area (Å²) in [5, 5.41) is 0. The first-order valence-electron chi connectivity index (χ1n) is 4.18. The summed E-state index contributed by atoms with van der Waals surface area (Å²) in [4.78, 5) is 2.33. The lowest BCUT2D eigenvalue weighted by atomic mass is 10.3. The van der Waals surface area contributed by atoms with E-state index in [1.807, 2.05) is 0 Å².